The van der Waals surface area contributed by atoms with Crippen molar-refractivity contribution in [3.8, 4) is 11.5 Å². The van der Waals surface area contributed by atoms with Crippen LogP contribution in [-0.4, -0.2) is 78.2 Å². The van der Waals surface area contributed by atoms with E-state index < -0.39 is 22.0 Å². The van der Waals surface area contributed by atoms with E-state index in [-0.39, 0.29) is 18.0 Å². The van der Waals surface area contributed by atoms with Crippen LogP contribution < -0.4 is 9.47 Å². The molecular formula is C23H22N4O6S. The topological polar surface area (TPSA) is 125 Å². The van der Waals surface area contributed by atoms with Crippen molar-refractivity contribution in [3.63, 3.8) is 0 Å². The smallest absolute Gasteiger partial charge is 0.256 e. The maximum Gasteiger partial charge on any atom is 0.256 e. The van der Waals surface area contributed by atoms with Gasteiger partial charge in [0.1, 0.15) is 13.2 Å². The average molecular weight is 483 g/mol. The Morgan fingerprint density at radius 3 is 2.53 bits per heavy atom. The summed E-state index contributed by atoms with van der Waals surface area (Å²) in [6, 6.07) is 9.92. The molecular weight excluding hydrogens is 460 g/mol. The van der Waals surface area contributed by atoms with Crippen molar-refractivity contribution in [1.29, 1.82) is 0 Å². The second-order valence-electron chi connectivity index (χ2n) is 8.56. The fraction of sp³-hybridized carbons (Fsp3) is 0.304. The van der Waals surface area contributed by atoms with Crippen LogP contribution in [0.15, 0.2) is 58.6 Å². The quantitative estimate of drug-likeness (QED) is 0.536. The largest absolute Gasteiger partial charge is 0.486 e. The molecule has 1 unspecified atom stereocenters. The normalized spacial score (nSPS) is 19.0. The second-order valence-corrected chi connectivity index (χ2v) is 10.5. The number of carbonyl (C=O) groups excluding carboxylic acids is 1. The van der Waals surface area contributed by atoms with E-state index in [0.29, 0.717) is 48.8 Å². The van der Waals surface area contributed by atoms with E-state index in [9.17, 15) is 18.3 Å². The zero-order chi connectivity index (χ0) is 23.4. The first-order valence-electron chi connectivity index (χ1n) is 10.9. The summed E-state index contributed by atoms with van der Waals surface area (Å²) in [5, 5.41) is 18.3. The summed E-state index contributed by atoms with van der Waals surface area (Å²) in [7, 11) is -3.74. The summed E-state index contributed by atoms with van der Waals surface area (Å²) in [4.78, 5) is 14.8. The number of carbonyl (C=O) groups is 1. The van der Waals surface area contributed by atoms with Crippen molar-refractivity contribution in [2.45, 2.75) is 11.0 Å². The lowest BCUT2D eigenvalue weighted by atomic mass is 10.0. The van der Waals surface area contributed by atoms with Crippen LogP contribution in [0, 0.1) is 0 Å². The number of rotatable bonds is 4. The lowest BCUT2D eigenvalue weighted by Crippen LogP contribution is -2.38. The van der Waals surface area contributed by atoms with Crippen LogP contribution in [0.4, 0.5) is 0 Å². The second kappa shape index (κ2) is 7.83. The van der Waals surface area contributed by atoms with Crippen LogP contribution in [0.3, 0.4) is 0 Å². The Kier molecular flexibility index (Phi) is 4.87. The number of fused-ring (bicyclic) bond motifs is 2. The highest BCUT2D eigenvalue weighted by Gasteiger charge is 2.39. The monoisotopic (exact) mass is 482 g/mol. The number of sulfonamides is 1. The van der Waals surface area contributed by atoms with Crippen molar-refractivity contribution in [1.82, 2.24) is 19.4 Å². The molecule has 3 aliphatic rings. The number of aliphatic hydroxyl groups excluding tert-OH is 1. The van der Waals surface area contributed by atoms with Gasteiger partial charge in [0.05, 0.1) is 16.6 Å². The molecule has 0 bridgehead atoms. The van der Waals surface area contributed by atoms with E-state index in [1.807, 2.05) is 6.07 Å². The van der Waals surface area contributed by atoms with Crippen molar-refractivity contribution >= 4 is 26.8 Å². The molecule has 0 radical (unpaired) electrons. The molecule has 0 spiro atoms. The first-order valence-corrected chi connectivity index (χ1v) is 12.3. The van der Waals surface area contributed by atoms with Crippen molar-refractivity contribution < 1.29 is 27.8 Å². The number of nitrogens with one attached hydrogen (secondary N) is 1. The molecule has 2 aromatic carbocycles. The number of aromatic amines is 1. The summed E-state index contributed by atoms with van der Waals surface area (Å²) in [6.45, 7) is 1.82. The number of aromatic nitrogens is 2. The van der Waals surface area contributed by atoms with Crippen LogP contribution in [0.5, 0.6) is 11.5 Å². The Bertz CT molecular complexity index is 1430. The highest BCUT2D eigenvalue weighted by molar-refractivity contribution is 7.89. The minimum atomic E-state index is -3.74. The van der Waals surface area contributed by atoms with Crippen LogP contribution in [0.25, 0.3) is 10.9 Å². The average Bonchev–Trinajstić information content (AvgIpc) is 3.57. The van der Waals surface area contributed by atoms with Gasteiger partial charge in [0.2, 0.25) is 10.0 Å². The van der Waals surface area contributed by atoms with Gasteiger partial charge in [-0.25, -0.2) is 8.42 Å². The number of ether oxygens (including phenoxy) is 2. The van der Waals surface area contributed by atoms with Gasteiger partial charge >= 0.3 is 0 Å². The van der Waals surface area contributed by atoms with Crippen LogP contribution in [0.1, 0.15) is 11.7 Å². The Labute approximate surface area is 195 Å². The number of aliphatic hydroxyl groups is 1. The third-order valence-electron chi connectivity index (χ3n) is 6.51. The van der Waals surface area contributed by atoms with Crippen molar-refractivity contribution in [2.24, 2.45) is 0 Å². The predicted octanol–water partition coefficient (Wildman–Crippen LogP) is 1.21. The molecule has 3 aliphatic heterocycles. The maximum atomic E-state index is 13.2. The van der Waals surface area contributed by atoms with Gasteiger partial charge in [0, 0.05) is 43.2 Å². The molecule has 1 aromatic heterocycles. The number of benzene rings is 2. The molecule has 176 valence electrons. The molecule has 11 heteroatoms. The zero-order valence-electron chi connectivity index (χ0n) is 18.1. The molecule has 1 amide bonds. The van der Waals surface area contributed by atoms with Gasteiger partial charge in [-0.3, -0.25) is 9.89 Å². The molecule has 6 rings (SSSR count). The van der Waals surface area contributed by atoms with Crippen LogP contribution >= 0.6 is 0 Å². The summed E-state index contributed by atoms with van der Waals surface area (Å²) in [5.41, 5.74) is 3.02. The van der Waals surface area contributed by atoms with E-state index in [1.165, 1.54) is 16.4 Å². The summed E-state index contributed by atoms with van der Waals surface area (Å²) in [6.07, 6.45) is 0.267. The van der Waals surface area contributed by atoms with Crippen molar-refractivity contribution in [3.05, 3.63) is 59.3 Å². The Morgan fingerprint density at radius 1 is 1.03 bits per heavy atom. The number of hydrogen-bond acceptors (Lipinski definition) is 7. The van der Waals surface area contributed by atoms with Gasteiger partial charge in [0.15, 0.2) is 17.6 Å². The number of amides is 1. The first kappa shape index (κ1) is 21.1. The number of hydrogen-bond donors (Lipinski definition) is 2. The molecule has 3 aromatic rings. The van der Waals surface area contributed by atoms with E-state index >= 15 is 0 Å². The Hall–Kier alpha value is -3.41. The van der Waals surface area contributed by atoms with E-state index in [1.54, 1.807) is 29.3 Å². The standard InChI is InChI=1S/C23H22N4O6S/c28-22(17-2-1-3-19-18(17)9-24-25-19)23(29)26-10-14-12-27(13-15(14)11-26)34(30,31)16-4-5-20-21(8-16)33-7-6-32-20/h1-5,8-9,22,28H,6-7,10-13H2,(H,24,25). The molecule has 2 N–H and O–H groups in total. The fourth-order valence-electron chi connectivity index (χ4n) is 4.74. The van der Waals surface area contributed by atoms with Crippen LogP contribution in [0.2, 0.25) is 0 Å². The van der Waals surface area contributed by atoms with Gasteiger partial charge < -0.3 is 19.5 Å². The molecule has 0 saturated heterocycles. The van der Waals surface area contributed by atoms with Crippen LogP contribution in [-0.2, 0) is 14.8 Å². The SMILES string of the molecule is O=C(C(O)c1cccc2[nH]ncc12)N1CC2=C(C1)CN(S(=O)(=O)c1ccc3c(c1)OCCO3)C2. The lowest BCUT2D eigenvalue weighted by Gasteiger charge is -2.25. The molecule has 10 nitrogen and oxygen atoms in total. The van der Waals surface area contributed by atoms with Gasteiger partial charge in [0.25, 0.3) is 5.91 Å². The molecule has 1 atom stereocenters. The molecule has 34 heavy (non-hydrogen) atoms. The zero-order valence-corrected chi connectivity index (χ0v) is 18.9. The third-order valence-corrected chi connectivity index (χ3v) is 8.30. The summed E-state index contributed by atoms with van der Waals surface area (Å²) in [5.74, 6) is 0.542. The third kappa shape index (κ3) is 3.35. The minimum Gasteiger partial charge on any atom is -0.486 e. The highest BCUT2D eigenvalue weighted by Crippen LogP contribution is 2.36. The first-order chi connectivity index (χ1) is 16.4. The fourth-order valence-corrected chi connectivity index (χ4v) is 6.19. The number of nitrogens with zero attached hydrogens (tertiary/aromatic N) is 3. The predicted molar refractivity (Wildman–Crippen MR) is 121 cm³/mol. The van der Waals surface area contributed by atoms with Gasteiger partial charge in [-0.1, -0.05) is 12.1 Å². The summed E-state index contributed by atoms with van der Waals surface area (Å²) >= 11 is 0. The lowest BCUT2D eigenvalue weighted by molar-refractivity contribution is -0.139. The minimum absolute atomic E-state index is 0.148. The molecule has 0 aliphatic carbocycles. The molecule has 4 heterocycles. The Morgan fingerprint density at radius 2 is 1.76 bits per heavy atom. The molecule has 0 fully saturated rings. The highest BCUT2D eigenvalue weighted by atomic mass is 32.2. The maximum absolute atomic E-state index is 13.2. The number of H-pyrrole nitrogens is 1. The molecule has 0 saturated carbocycles. The van der Waals surface area contributed by atoms with Gasteiger partial charge in [-0.05, 0) is 29.3 Å². The van der Waals surface area contributed by atoms with E-state index in [0.717, 1.165) is 16.7 Å². The summed E-state index contributed by atoms with van der Waals surface area (Å²) < 4.78 is 38.9. The van der Waals surface area contributed by atoms with Crippen molar-refractivity contribution in [2.75, 3.05) is 39.4 Å². The Balaban J connectivity index is 1.15. The van der Waals surface area contributed by atoms with E-state index in [4.69, 9.17) is 9.47 Å². The van der Waals surface area contributed by atoms with Gasteiger partial charge in [-0.15, -0.1) is 0 Å². The van der Waals surface area contributed by atoms with Gasteiger partial charge in [-0.2, -0.15) is 9.40 Å². The van der Waals surface area contributed by atoms with E-state index in [2.05, 4.69) is 10.2 Å².